The molecule has 3 aromatic rings. The molecule has 1 aliphatic heterocycles. The number of hydrogen-bond donors (Lipinski definition) is 0. The third-order valence-corrected chi connectivity index (χ3v) is 8.13. The second-order valence-electron chi connectivity index (χ2n) is 7.89. The third-order valence-electron chi connectivity index (χ3n) is 5.83. The Morgan fingerprint density at radius 1 is 1.00 bits per heavy atom. The van der Waals surface area contributed by atoms with E-state index in [1.54, 1.807) is 12.1 Å². The molecule has 0 radical (unpaired) electrons. The normalized spacial score (nSPS) is 15.6. The number of methoxy groups -OCH3 is 2. The van der Waals surface area contributed by atoms with E-state index in [0.717, 1.165) is 16.5 Å². The maximum absolute atomic E-state index is 13.2. The quantitative estimate of drug-likeness (QED) is 0.488. The Kier molecular flexibility index (Phi) is 6.67. The van der Waals surface area contributed by atoms with Gasteiger partial charge in [-0.1, -0.05) is 11.6 Å². The summed E-state index contributed by atoms with van der Waals surface area (Å²) in [5.74, 6) is 0.831. The van der Waals surface area contributed by atoms with E-state index in [0.29, 0.717) is 54.8 Å². The van der Waals surface area contributed by atoms with Crippen LogP contribution >= 0.6 is 11.6 Å². The molecule has 0 atom stereocenters. The van der Waals surface area contributed by atoms with Crippen molar-refractivity contribution in [3.63, 3.8) is 0 Å². The molecule has 2 heterocycles. The number of rotatable bonds is 6. The SMILES string of the molecule is COc1ccc(S(=O)(=O)N2CCN(Cc3cc(=O)oc4cc(C)c(Cl)cc34)CC2)cc1OC. The van der Waals surface area contributed by atoms with Gasteiger partial charge < -0.3 is 13.9 Å². The Bertz CT molecular complexity index is 1350. The summed E-state index contributed by atoms with van der Waals surface area (Å²) in [7, 11) is -0.711. The Hall–Kier alpha value is -2.59. The first-order chi connectivity index (χ1) is 15.7. The molecule has 0 bridgehead atoms. The third kappa shape index (κ3) is 4.72. The fourth-order valence-corrected chi connectivity index (χ4v) is 5.58. The first kappa shape index (κ1) is 23.6. The molecule has 1 saturated heterocycles. The van der Waals surface area contributed by atoms with E-state index in [9.17, 15) is 13.2 Å². The van der Waals surface area contributed by atoms with Crippen LogP contribution in [0.25, 0.3) is 11.0 Å². The molecule has 1 aromatic heterocycles. The van der Waals surface area contributed by atoms with Crippen LogP contribution in [0, 0.1) is 6.92 Å². The van der Waals surface area contributed by atoms with Gasteiger partial charge in [0.15, 0.2) is 11.5 Å². The molecule has 2 aromatic carbocycles. The second kappa shape index (κ2) is 9.34. The van der Waals surface area contributed by atoms with E-state index in [2.05, 4.69) is 4.90 Å². The van der Waals surface area contributed by atoms with E-state index in [-0.39, 0.29) is 4.90 Å². The highest BCUT2D eigenvalue weighted by Crippen LogP contribution is 2.31. The summed E-state index contributed by atoms with van der Waals surface area (Å²) in [5.41, 5.74) is 1.71. The van der Waals surface area contributed by atoms with Crippen LogP contribution in [-0.4, -0.2) is 58.0 Å². The van der Waals surface area contributed by atoms with Crippen LogP contribution in [0.1, 0.15) is 11.1 Å². The number of aryl methyl sites for hydroxylation is 1. The monoisotopic (exact) mass is 492 g/mol. The summed E-state index contributed by atoms with van der Waals surface area (Å²) in [5, 5.41) is 1.38. The summed E-state index contributed by atoms with van der Waals surface area (Å²) in [6.07, 6.45) is 0. The van der Waals surface area contributed by atoms with E-state index in [1.165, 1.54) is 36.7 Å². The van der Waals surface area contributed by atoms with Gasteiger partial charge in [-0.2, -0.15) is 4.31 Å². The van der Waals surface area contributed by atoms with Crippen molar-refractivity contribution in [3.8, 4) is 11.5 Å². The average molecular weight is 493 g/mol. The molecule has 0 amide bonds. The predicted octanol–water partition coefficient (Wildman–Crippen LogP) is 3.28. The Balaban J connectivity index is 1.51. The maximum Gasteiger partial charge on any atom is 0.336 e. The van der Waals surface area contributed by atoms with Crippen LogP contribution < -0.4 is 15.1 Å². The Morgan fingerprint density at radius 2 is 1.70 bits per heavy atom. The molecule has 1 fully saturated rings. The molecule has 0 saturated carbocycles. The molecule has 1 aliphatic rings. The molecular weight excluding hydrogens is 468 g/mol. The topological polar surface area (TPSA) is 89.3 Å². The van der Waals surface area contributed by atoms with Crippen molar-refractivity contribution in [1.82, 2.24) is 9.21 Å². The second-order valence-corrected chi connectivity index (χ2v) is 10.2. The molecule has 10 heteroatoms. The molecule has 176 valence electrons. The van der Waals surface area contributed by atoms with Gasteiger partial charge in [0.2, 0.25) is 10.0 Å². The highest BCUT2D eigenvalue weighted by molar-refractivity contribution is 7.89. The van der Waals surface area contributed by atoms with E-state index < -0.39 is 15.6 Å². The van der Waals surface area contributed by atoms with Gasteiger partial charge in [0.05, 0.1) is 19.1 Å². The lowest BCUT2D eigenvalue weighted by atomic mass is 10.1. The lowest BCUT2D eigenvalue weighted by Crippen LogP contribution is -2.48. The van der Waals surface area contributed by atoms with E-state index >= 15 is 0 Å². The van der Waals surface area contributed by atoms with Crippen LogP contribution in [0.4, 0.5) is 0 Å². The standard InChI is InChI=1S/C23H25ClN2O6S/c1-15-10-21-18(13-19(15)24)16(11-23(27)32-21)14-25-6-8-26(9-7-25)33(28,29)17-4-5-20(30-2)22(12-17)31-3/h4-5,10-13H,6-9,14H2,1-3H3. The lowest BCUT2D eigenvalue weighted by molar-refractivity contribution is 0.182. The van der Waals surface area contributed by atoms with Crippen LogP contribution in [-0.2, 0) is 16.6 Å². The highest BCUT2D eigenvalue weighted by Gasteiger charge is 2.29. The largest absolute Gasteiger partial charge is 0.493 e. The minimum absolute atomic E-state index is 0.158. The number of hydrogen-bond acceptors (Lipinski definition) is 7. The number of fused-ring (bicyclic) bond motifs is 1. The Labute approximate surface area is 197 Å². The first-order valence-electron chi connectivity index (χ1n) is 10.4. The average Bonchev–Trinajstić information content (AvgIpc) is 2.80. The molecule has 0 N–H and O–H groups in total. The van der Waals surface area contributed by atoms with Crippen LogP contribution in [0.15, 0.2) is 50.5 Å². The number of nitrogens with zero attached hydrogens (tertiary/aromatic N) is 2. The zero-order valence-electron chi connectivity index (χ0n) is 18.6. The minimum atomic E-state index is -3.68. The summed E-state index contributed by atoms with van der Waals surface area (Å²) >= 11 is 6.29. The zero-order valence-corrected chi connectivity index (χ0v) is 20.2. The van der Waals surface area contributed by atoms with Gasteiger partial charge in [-0.15, -0.1) is 0 Å². The molecule has 4 rings (SSSR count). The van der Waals surface area contributed by atoms with Crippen molar-refractivity contribution in [2.75, 3.05) is 40.4 Å². The van der Waals surface area contributed by atoms with Crippen LogP contribution in [0.2, 0.25) is 5.02 Å². The van der Waals surface area contributed by atoms with Crippen molar-refractivity contribution in [2.24, 2.45) is 0 Å². The number of ether oxygens (including phenoxy) is 2. The van der Waals surface area contributed by atoms with Crippen molar-refractivity contribution < 1.29 is 22.3 Å². The van der Waals surface area contributed by atoms with E-state index in [4.69, 9.17) is 25.5 Å². The number of benzene rings is 2. The van der Waals surface area contributed by atoms with Crippen molar-refractivity contribution in [3.05, 3.63) is 63.0 Å². The zero-order chi connectivity index (χ0) is 23.8. The van der Waals surface area contributed by atoms with Crippen molar-refractivity contribution in [1.29, 1.82) is 0 Å². The minimum Gasteiger partial charge on any atom is -0.493 e. The molecular formula is C23H25ClN2O6S. The van der Waals surface area contributed by atoms with Gasteiger partial charge in [-0.3, -0.25) is 4.90 Å². The van der Waals surface area contributed by atoms with Gasteiger partial charge in [0.1, 0.15) is 5.58 Å². The molecule has 8 nitrogen and oxygen atoms in total. The van der Waals surface area contributed by atoms with Gasteiger partial charge in [0, 0.05) is 55.3 Å². The maximum atomic E-state index is 13.2. The smallest absolute Gasteiger partial charge is 0.336 e. The van der Waals surface area contributed by atoms with Gasteiger partial charge in [-0.25, -0.2) is 13.2 Å². The highest BCUT2D eigenvalue weighted by atomic mass is 35.5. The summed E-state index contributed by atoms with van der Waals surface area (Å²) in [6, 6.07) is 9.62. The van der Waals surface area contributed by atoms with Crippen LogP contribution in [0.3, 0.4) is 0 Å². The van der Waals surface area contributed by atoms with E-state index in [1.807, 2.05) is 13.0 Å². The van der Waals surface area contributed by atoms with Crippen molar-refractivity contribution >= 4 is 32.6 Å². The summed E-state index contributed by atoms with van der Waals surface area (Å²) in [4.78, 5) is 14.3. The predicted molar refractivity (Wildman–Crippen MR) is 126 cm³/mol. The summed E-state index contributed by atoms with van der Waals surface area (Å²) in [6.45, 7) is 4.05. The molecule has 0 spiro atoms. The fraction of sp³-hybridized carbons (Fsp3) is 0.348. The number of halogens is 1. The van der Waals surface area contributed by atoms with Crippen molar-refractivity contribution in [2.45, 2.75) is 18.4 Å². The van der Waals surface area contributed by atoms with Gasteiger partial charge >= 0.3 is 5.63 Å². The fourth-order valence-electron chi connectivity index (χ4n) is 3.97. The lowest BCUT2D eigenvalue weighted by Gasteiger charge is -2.34. The van der Waals surface area contributed by atoms with Gasteiger partial charge in [-0.05, 0) is 42.3 Å². The molecule has 0 aliphatic carbocycles. The number of sulfonamides is 1. The number of piperazine rings is 1. The molecule has 0 unspecified atom stereocenters. The molecule has 33 heavy (non-hydrogen) atoms. The summed E-state index contributed by atoms with van der Waals surface area (Å²) < 4.78 is 43.5. The van der Waals surface area contributed by atoms with Crippen LogP contribution in [0.5, 0.6) is 11.5 Å². The first-order valence-corrected chi connectivity index (χ1v) is 12.2. The Morgan fingerprint density at radius 3 is 2.36 bits per heavy atom. The van der Waals surface area contributed by atoms with Gasteiger partial charge in [0.25, 0.3) is 0 Å².